The number of carboxylic acids is 1. The predicted octanol–water partition coefficient (Wildman–Crippen LogP) is 6.52. The second-order valence-corrected chi connectivity index (χ2v) is 13.0. The van der Waals surface area contributed by atoms with Gasteiger partial charge in [-0.15, -0.1) is 0 Å². The van der Waals surface area contributed by atoms with Gasteiger partial charge in [-0.2, -0.15) is 21.2 Å². The molecule has 1 amide bonds. The lowest BCUT2D eigenvalue weighted by Crippen LogP contribution is -2.33. The summed E-state index contributed by atoms with van der Waals surface area (Å²) in [5.41, 5.74) is 0.452. The average Bonchev–Trinajstić information content (AvgIpc) is 2.72. The second kappa shape index (κ2) is 14.9. The van der Waals surface area contributed by atoms with E-state index in [-0.39, 0.29) is 29.4 Å². The van der Waals surface area contributed by atoms with E-state index in [2.05, 4.69) is 6.92 Å². The minimum Gasteiger partial charge on any atom is -0.481 e. The monoisotopic (exact) mass is 507 g/mol. The highest BCUT2D eigenvalue weighted by atomic mass is 32.3. The first-order valence-corrected chi connectivity index (χ1v) is 15.4. The molecule has 0 radical (unpaired) electrons. The normalized spacial score (nSPS) is 13.0. The zero-order valence-corrected chi connectivity index (χ0v) is 21.5. The number of anilines is 1. The third-order valence-corrected chi connectivity index (χ3v) is 8.26. The fourth-order valence-corrected chi connectivity index (χ4v) is 5.86. The van der Waals surface area contributed by atoms with Gasteiger partial charge in [0.15, 0.2) is 0 Å². The molecule has 0 spiro atoms. The van der Waals surface area contributed by atoms with Crippen molar-refractivity contribution in [3.8, 4) is 0 Å². The van der Waals surface area contributed by atoms with Crippen molar-refractivity contribution >= 4 is 38.7 Å². The molecule has 192 valence electrons. The van der Waals surface area contributed by atoms with Gasteiger partial charge in [0.2, 0.25) is 5.91 Å². The lowest BCUT2D eigenvalue weighted by atomic mass is 10.1. The predicted molar refractivity (Wildman–Crippen MR) is 138 cm³/mol. The molecule has 0 saturated heterocycles. The molecule has 0 aromatic heterocycles. The maximum Gasteiger partial charge on any atom is 0.303 e. The molecule has 1 aromatic rings. The number of carbonyl (C=O) groups excluding carboxylic acids is 1. The summed E-state index contributed by atoms with van der Waals surface area (Å²) in [6.07, 6.45) is 7.56. The summed E-state index contributed by atoms with van der Waals surface area (Å²) in [5, 5.41) is 8.87. The number of carbonyl (C=O) groups is 2. The van der Waals surface area contributed by atoms with E-state index in [1.165, 1.54) is 6.26 Å². The number of hydrogen-bond acceptors (Lipinski definition) is 6. The first kappa shape index (κ1) is 29.7. The van der Waals surface area contributed by atoms with Gasteiger partial charge in [0.1, 0.15) is 0 Å². The van der Waals surface area contributed by atoms with Gasteiger partial charge in [-0.25, -0.2) is 0 Å². The van der Waals surface area contributed by atoms with Gasteiger partial charge in [0.25, 0.3) is 0 Å². The van der Waals surface area contributed by atoms with E-state index in [9.17, 15) is 27.8 Å². The van der Waals surface area contributed by atoms with Crippen LogP contribution < -0.4 is 4.90 Å². The highest BCUT2D eigenvalue weighted by Gasteiger charge is 2.25. The zero-order chi connectivity index (χ0) is 24.9. The summed E-state index contributed by atoms with van der Waals surface area (Å²) in [6, 6.07) is 6.72. The van der Waals surface area contributed by atoms with E-state index in [1.807, 2.05) is 0 Å². The van der Waals surface area contributed by atoms with Crippen LogP contribution in [0.15, 0.2) is 29.2 Å². The molecule has 8 nitrogen and oxygen atoms in total. The number of para-hydroxylation sites is 1. The topological polar surface area (TPSA) is 139 Å². The van der Waals surface area contributed by atoms with Crippen molar-refractivity contribution in [1.82, 2.24) is 0 Å². The molecule has 0 unspecified atom stereocenters. The van der Waals surface area contributed by atoms with Crippen molar-refractivity contribution in [3.63, 3.8) is 0 Å². The standard InChI is InChI=1S/C23H41NO7S2/c1-3-4-5-7-15-22(25)24(17-10-6-11-18-32(2,28)29)20-13-8-9-14-21(20)33(30,31)19-12-16-23(26)27/h8-9,13-14,28-31H,3-7,10-12,15-19H2,1-2H3,(H,26,27). The highest BCUT2D eigenvalue weighted by Crippen LogP contribution is 2.53. The van der Waals surface area contributed by atoms with Crippen LogP contribution in [0, 0.1) is 0 Å². The molecule has 1 rings (SSSR count). The Hall–Kier alpha value is -1.30. The molecule has 10 heteroatoms. The summed E-state index contributed by atoms with van der Waals surface area (Å²) in [6.45, 7) is 2.49. The molecular formula is C23H41NO7S2. The molecule has 0 atom stereocenters. The molecule has 0 saturated carbocycles. The van der Waals surface area contributed by atoms with Crippen LogP contribution in [0.25, 0.3) is 0 Å². The van der Waals surface area contributed by atoms with E-state index in [1.54, 1.807) is 29.2 Å². The van der Waals surface area contributed by atoms with Crippen LogP contribution in [-0.4, -0.2) is 59.5 Å². The van der Waals surface area contributed by atoms with E-state index in [0.717, 1.165) is 25.7 Å². The van der Waals surface area contributed by atoms with Crippen LogP contribution in [0.1, 0.15) is 71.1 Å². The van der Waals surface area contributed by atoms with Crippen molar-refractivity contribution in [2.75, 3.05) is 29.2 Å². The van der Waals surface area contributed by atoms with Crippen molar-refractivity contribution in [1.29, 1.82) is 0 Å². The maximum absolute atomic E-state index is 13.1. The average molecular weight is 508 g/mol. The Morgan fingerprint density at radius 1 is 0.848 bits per heavy atom. The molecule has 0 aliphatic carbocycles. The fourth-order valence-electron chi connectivity index (χ4n) is 3.53. The third-order valence-electron chi connectivity index (χ3n) is 5.29. The first-order chi connectivity index (χ1) is 15.5. The Balaban J connectivity index is 3.01. The smallest absolute Gasteiger partial charge is 0.303 e. The van der Waals surface area contributed by atoms with Crippen LogP contribution >= 0.6 is 21.2 Å². The molecule has 0 bridgehead atoms. The van der Waals surface area contributed by atoms with E-state index in [4.69, 9.17) is 5.11 Å². The van der Waals surface area contributed by atoms with Crippen LogP contribution in [0.3, 0.4) is 0 Å². The number of unbranched alkanes of at least 4 members (excludes halogenated alkanes) is 5. The zero-order valence-electron chi connectivity index (χ0n) is 19.8. The van der Waals surface area contributed by atoms with Crippen LogP contribution in [0.5, 0.6) is 0 Å². The summed E-state index contributed by atoms with van der Waals surface area (Å²) >= 11 is 0. The molecule has 0 fully saturated rings. The molecule has 5 N–H and O–H groups in total. The number of carboxylic acid groups (broad SMARTS) is 1. The minimum atomic E-state index is -3.27. The van der Waals surface area contributed by atoms with E-state index >= 15 is 0 Å². The van der Waals surface area contributed by atoms with Crippen LogP contribution in [-0.2, 0) is 9.59 Å². The number of aliphatic carboxylic acids is 1. The number of amides is 1. The molecule has 0 heterocycles. The molecule has 0 aliphatic rings. The Bertz CT molecular complexity index is 738. The Labute approximate surface area is 201 Å². The molecule has 1 aromatic carbocycles. The van der Waals surface area contributed by atoms with Gasteiger partial charge >= 0.3 is 5.97 Å². The van der Waals surface area contributed by atoms with Gasteiger partial charge in [0.05, 0.1) is 10.6 Å². The van der Waals surface area contributed by atoms with Crippen molar-refractivity contribution in [2.45, 2.75) is 76.0 Å². The van der Waals surface area contributed by atoms with Crippen molar-refractivity contribution in [2.24, 2.45) is 0 Å². The second-order valence-electron chi connectivity index (χ2n) is 8.45. The summed E-state index contributed by atoms with van der Waals surface area (Å²) in [4.78, 5) is 25.8. The third kappa shape index (κ3) is 12.1. The van der Waals surface area contributed by atoms with Gasteiger partial charge in [-0.1, -0.05) is 44.7 Å². The Kier molecular flexibility index (Phi) is 13.4. The number of benzene rings is 1. The van der Waals surface area contributed by atoms with Gasteiger partial charge < -0.3 is 10.0 Å². The number of nitrogens with zero attached hydrogens (tertiary/aromatic N) is 1. The van der Waals surface area contributed by atoms with E-state index in [0.29, 0.717) is 43.7 Å². The van der Waals surface area contributed by atoms with Crippen molar-refractivity contribution in [3.05, 3.63) is 24.3 Å². The quantitative estimate of drug-likeness (QED) is 0.151. The Morgan fingerprint density at radius 2 is 1.52 bits per heavy atom. The largest absolute Gasteiger partial charge is 0.481 e. The number of hydrogen-bond donors (Lipinski definition) is 5. The Morgan fingerprint density at radius 3 is 2.15 bits per heavy atom. The van der Waals surface area contributed by atoms with Crippen LogP contribution in [0.2, 0.25) is 0 Å². The number of rotatable bonds is 17. The molecular weight excluding hydrogens is 466 g/mol. The molecule has 0 aliphatic heterocycles. The van der Waals surface area contributed by atoms with E-state index < -0.39 is 27.1 Å². The van der Waals surface area contributed by atoms with Crippen molar-refractivity contribution < 1.29 is 32.9 Å². The summed E-state index contributed by atoms with van der Waals surface area (Å²) in [5.74, 6) is -0.841. The SMILES string of the molecule is CCCCCCC(=O)N(CCCCCS(C)(O)O)c1ccccc1S(O)(O)CCCC(=O)O. The van der Waals surface area contributed by atoms with Crippen LogP contribution in [0.4, 0.5) is 5.69 Å². The summed E-state index contributed by atoms with van der Waals surface area (Å²) in [7, 11) is -5.81. The maximum atomic E-state index is 13.1. The first-order valence-electron chi connectivity index (χ1n) is 11.6. The molecule has 33 heavy (non-hydrogen) atoms. The fraction of sp³-hybridized carbons (Fsp3) is 0.652. The van der Waals surface area contributed by atoms with Gasteiger partial charge in [0, 0.05) is 37.1 Å². The minimum absolute atomic E-state index is 0.0802. The highest BCUT2D eigenvalue weighted by molar-refractivity contribution is 8.24. The van der Waals surface area contributed by atoms with Gasteiger partial charge in [-0.3, -0.25) is 27.8 Å². The summed E-state index contributed by atoms with van der Waals surface area (Å²) < 4.78 is 40.7. The lowest BCUT2D eigenvalue weighted by Gasteiger charge is -2.36. The van der Waals surface area contributed by atoms with Gasteiger partial charge in [-0.05, 0) is 37.8 Å². The lowest BCUT2D eigenvalue weighted by molar-refractivity contribution is -0.137.